The Bertz CT molecular complexity index is 394. The Labute approximate surface area is 116 Å². The van der Waals surface area contributed by atoms with Crippen molar-refractivity contribution in [3.63, 3.8) is 0 Å². The first kappa shape index (κ1) is 14.4. The van der Waals surface area contributed by atoms with Gasteiger partial charge in [0, 0.05) is 19.1 Å². The standard InChI is InChI=1S/C16H26N2O/c1-3-14-12-18(8-7-16(14)17)9-10-19-15-6-4-5-13(2)11-15/h4-6,11,14,16H,3,7-10,12,17H2,1-2H3. The molecule has 0 saturated carbocycles. The molecule has 2 atom stereocenters. The van der Waals surface area contributed by atoms with Crippen molar-refractivity contribution in [1.82, 2.24) is 4.90 Å². The van der Waals surface area contributed by atoms with E-state index in [4.69, 9.17) is 10.5 Å². The largest absolute Gasteiger partial charge is 0.492 e. The van der Waals surface area contributed by atoms with Crippen LogP contribution in [0.5, 0.6) is 5.75 Å². The summed E-state index contributed by atoms with van der Waals surface area (Å²) in [6, 6.07) is 8.62. The fraction of sp³-hybridized carbons (Fsp3) is 0.625. The SMILES string of the molecule is CCC1CN(CCOc2cccc(C)c2)CCC1N. The van der Waals surface area contributed by atoms with Crippen molar-refractivity contribution in [2.24, 2.45) is 11.7 Å². The molecular weight excluding hydrogens is 236 g/mol. The molecule has 3 nitrogen and oxygen atoms in total. The van der Waals surface area contributed by atoms with E-state index >= 15 is 0 Å². The third-order valence-electron chi connectivity index (χ3n) is 4.07. The highest BCUT2D eigenvalue weighted by Gasteiger charge is 2.24. The average Bonchev–Trinajstić information content (AvgIpc) is 2.41. The Morgan fingerprint density at radius 1 is 1.42 bits per heavy atom. The van der Waals surface area contributed by atoms with Gasteiger partial charge in [0.2, 0.25) is 0 Å². The quantitative estimate of drug-likeness (QED) is 0.885. The summed E-state index contributed by atoms with van der Waals surface area (Å²) in [4.78, 5) is 2.48. The summed E-state index contributed by atoms with van der Waals surface area (Å²) in [6.07, 6.45) is 2.29. The minimum Gasteiger partial charge on any atom is -0.492 e. The van der Waals surface area contributed by atoms with Crippen molar-refractivity contribution in [1.29, 1.82) is 0 Å². The van der Waals surface area contributed by atoms with Crippen LogP contribution in [0.1, 0.15) is 25.3 Å². The van der Waals surface area contributed by atoms with Crippen LogP contribution < -0.4 is 10.5 Å². The van der Waals surface area contributed by atoms with Crippen LogP contribution in [0.25, 0.3) is 0 Å². The molecule has 1 saturated heterocycles. The van der Waals surface area contributed by atoms with E-state index in [1.807, 2.05) is 12.1 Å². The van der Waals surface area contributed by atoms with Gasteiger partial charge in [0.05, 0.1) is 0 Å². The highest BCUT2D eigenvalue weighted by Crippen LogP contribution is 2.18. The Morgan fingerprint density at radius 2 is 2.26 bits per heavy atom. The summed E-state index contributed by atoms with van der Waals surface area (Å²) in [5.41, 5.74) is 7.37. The van der Waals surface area contributed by atoms with Crippen LogP contribution in [0.4, 0.5) is 0 Å². The smallest absolute Gasteiger partial charge is 0.119 e. The number of ether oxygens (including phenoxy) is 1. The molecule has 0 radical (unpaired) electrons. The molecule has 0 aliphatic carbocycles. The number of hydrogen-bond acceptors (Lipinski definition) is 3. The van der Waals surface area contributed by atoms with E-state index in [1.165, 1.54) is 12.0 Å². The molecule has 1 aliphatic heterocycles. The van der Waals surface area contributed by atoms with Gasteiger partial charge in [0.15, 0.2) is 0 Å². The van der Waals surface area contributed by atoms with E-state index < -0.39 is 0 Å². The lowest BCUT2D eigenvalue weighted by Gasteiger charge is -2.36. The Morgan fingerprint density at radius 3 is 3.00 bits per heavy atom. The van der Waals surface area contributed by atoms with Gasteiger partial charge in [-0.1, -0.05) is 25.5 Å². The zero-order chi connectivity index (χ0) is 13.7. The lowest BCUT2D eigenvalue weighted by atomic mass is 9.91. The number of piperidine rings is 1. The summed E-state index contributed by atoms with van der Waals surface area (Å²) >= 11 is 0. The van der Waals surface area contributed by atoms with Crippen molar-refractivity contribution >= 4 is 0 Å². The Kier molecular flexibility index (Phi) is 5.23. The van der Waals surface area contributed by atoms with E-state index in [9.17, 15) is 0 Å². The second-order valence-electron chi connectivity index (χ2n) is 5.59. The molecule has 1 heterocycles. The fourth-order valence-corrected chi connectivity index (χ4v) is 2.76. The van der Waals surface area contributed by atoms with Crippen LogP contribution >= 0.6 is 0 Å². The summed E-state index contributed by atoms with van der Waals surface area (Å²) in [6.45, 7) is 8.30. The number of likely N-dealkylation sites (tertiary alicyclic amines) is 1. The van der Waals surface area contributed by atoms with Crippen molar-refractivity contribution < 1.29 is 4.74 Å². The van der Waals surface area contributed by atoms with Crippen molar-refractivity contribution in [3.05, 3.63) is 29.8 Å². The zero-order valence-corrected chi connectivity index (χ0v) is 12.1. The van der Waals surface area contributed by atoms with Gasteiger partial charge in [-0.2, -0.15) is 0 Å². The molecule has 1 aromatic rings. The molecule has 2 rings (SSSR count). The molecule has 2 N–H and O–H groups in total. The van der Waals surface area contributed by atoms with Gasteiger partial charge in [-0.05, 0) is 43.5 Å². The van der Waals surface area contributed by atoms with E-state index in [-0.39, 0.29) is 0 Å². The van der Waals surface area contributed by atoms with Gasteiger partial charge < -0.3 is 10.5 Å². The summed E-state index contributed by atoms with van der Waals surface area (Å²) in [5.74, 6) is 1.62. The minimum absolute atomic E-state index is 0.388. The molecule has 1 fully saturated rings. The topological polar surface area (TPSA) is 38.5 Å². The maximum atomic E-state index is 6.13. The van der Waals surface area contributed by atoms with Crippen LogP contribution in [0.15, 0.2) is 24.3 Å². The number of benzene rings is 1. The summed E-state index contributed by atoms with van der Waals surface area (Å²) in [7, 11) is 0. The highest BCUT2D eigenvalue weighted by molar-refractivity contribution is 5.27. The van der Waals surface area contributed by atoms with E-state index in [0.717, 1.165) is 38.4 Å². The molecule has 0 spiro atoms. The molecule has 0 bridgehead atoms. The molecule has 0 amide bonds. The zero-order valence-electron chi connectivity index (χ0n) is 12.1. The molecule has 1 aliphatic rings. The maximum absolute atomic E-state index is 6.13. The first-order valence-electron chi connectivity index (χ1n) is 7.36. The second kappa shape index (κ2) is 6.92. The van der Waals surface area contributed by atoms with Gasteiger partial charge in [-0.15, -0.1) is 0 Å². The molecule has 2 unspecified atom stereocenters. The van der Waals surface area contributed by atoms with Crippen LogP contribution in [0, 0.1) is 12.8 Å². The Hall–Kier alpha value is -1.06. The number of rotatable bonds is 5. The van der Waals surface area contributed by atoms with Crippen molar-refractivity contribution in [2.75, 3.05) is 26.2 Å². The van der Waals surface area contributed by atoms with Crippen molar-refractivity contribution in [2.45, 2.75) is 32.7 Å². The molecule has 0 aromatic heterocycles. The van der Waals surface area contributed by atoms with Gasteiger partial charge in [0.1, 0.15) is 12.4 Å². The number of hydrogen-bond donors (Lipinski definition) is 1. The maximum Gasteiger partial charge on any atom is 0.119 e. The molecule has 3 heteroatoms. The van der Waals surface area contributed by atoms with Crippen LogP contribution in [-0.2, 0) is 0 Å². The van der Waals surface area contributed by atoms with Crippen LogP contribution in [-0.4, -0.2) is 37.2 Å². The monoisotopic (exact) mass is 262 g/mol. The highest BCUT2D eigenvalue weighted by atomic mass is 16.5. The minimum atomic E-state index is 0.388. The summed E-state index contributed by atoms with van der Waals surface area (Å²) < 4.78 is 5.81. The lowest BCUT2D eigenvalue weighted by Crippen LogP contribution is -2.47. The first-order valence-corrected chi connectivity index (χ1v) is 7.36. The van der Waals surface area contributed by atoms with E-state index in [0.29, 0.717) is 12.0 Å². The molecular formula is C16H26N2O. The number of nitrogens with zero attached hydrogens (tertiary/aromatic N) is 1. The number of nitrogens with two attached hydrogens (primary N) is 1. The van der Waals surface area contributed by atoms with Crippen molar-refractivity contribution in [3.8, 4) is 5.75 Å². The van der Waals surface area contributed by atoms with E-state index in [1.54, 1.807) is 0 Å². The predicted molar refractivity (Wildman–Crippen MR) is 79.5 cm³/mol. The van der Waals surface area contributed by atoms with E-state index in [2.05, 4.69) is 30.9 Å². The molecule has 19 heavy (non-hydrogen) atoms. The third kappa shape index (κ3) is 4.22. The van der Waals surface area contributed by atoms with Gasteiger partial charge in [0.25, 0.3) is 0 Å². The average molecular weight is 262 g/mol. The first-order chi connectivity index (χ1) is 9.19. The molecule has 1 aromatic carbocycles. The summed E-state index contributed by atoms with van der Waals surface area (Å²) in [5, 5.41) is 0. The van der Waals surface area contributed by atoms with Crippen LogP contribution in [0.3, 0.4) is 0 Å². The van der Waals surface area contributed by atoms with Gasteiger partial charge >= 0.3 is 0 Å². The fourth-order valence-electron chi connectivity index (χ4n) is 2.76. The van der Waals surface area contributed by atoms with Gasteiger partial charge in [-0.25, -0.2) is 0 Å². The Balaban J connectivity index is 1.74. The van der Waals surface area contributed by atoms with Crippen LogP contribution in [0.2, 0.25) is 0 Å². The predicted octanol–water partition coefficient (Wildman–Crippen LogP) is 2.43. The van der Waals surface area contributed by atoms with Gasteiger partial charge in [-0.3, -0.25) is 4.90 Å². The normalized spacial score (nSPS) is 24.4. The second-order valence-corrected chi connectivity index (χ2v) is 5.59. The number of aryl methyl sites for hydroxylation is 1. The molecule has 106 valence electrons. The third-order valence-corrected chi connectivity index (χ3v) is 4.07. The lowest BCUT2D eigenvalue weighted by molar-refractivity contribution is 0.130.